The maximum Gasteiger partial charge on any atom is 0.173 e. The molecule has 0 saturated carbocycles. The largest absolute Gasteiger partial charge is 0.491 e. The smallest absolute Gasteiger partial charge is 0.173 e. The normalized spacial score (nSPS) is 12.6. The summed E-state index contributed by atoms with van der Waals surface area (Å²) in [5.41, 5.74) is 1.95. The fraction of sp³-hybridized carbons (Fsp3) is 0.227. The molecule has 0 saturated heterocycles. The summed E-state index contributed by atoms with van der Waals surface area (Å²) >= 11 is 1.49. The minimum Gasteiger partial charge on any atom is -0.491 e. The summed E-state index contributed by atoms with van der Waals surface area (Å²) in [6, 6.07) is 9.17. The highest BCUT2D eigenvalue weighted by molar-refractivity contribution is 7.19. The van der Waals surface area contributed by atoms with E-state index in [1.165, 1.54) is 34.5 Å². The number of halogens is 2. The second-order valence-electron chi connectivity index (χ2n) is 7.12. The van der Waals surface area contributed by atoms with E-state index in [1.807, 2.05) is 18.2 Å². The number of anilines is 1. The Kier molecular flexibility index (Phi) is 5.54. The van der Waals surface area contributed by atoms with E-state index < -0.39 is 11.6 Å². The number of nitrogens with one attached hydrogen (secondary N) is 1. The van der Waals surface area contributed by atoms with Crippen LogP contribution in [0, 0.1) is 11.6 Å². The fourth-order valence-corrected chi connectivity index (χ4v) is 4.73. The molecule has 1 N–H and O–H groups in total. The molecule has 4 heterocycles. The van der Waals surface area contributed by atoms with E-state index in [0.717, 1.165) is 32.9 Å². The summed E-state index contributed by atoms with van der Waals surface area (Å²) < 4.78 is 40.1. The number of benzene rings is 1. The predicted molar refractivity (Wildman–Crippen MR) is 117 cm³/mol. The van der Waals surface area contributed by atoms with Crippen LogP contribution in [0.1, 0.15) is 5.56 Å². The Labute approximate surface area is 186 Å². The molecule has 0 aliphatic carbocycles. The molecule has 1 aromatic carbocycles. The number of rotatable bonds is 6. The first-order chi connectivity index (χ1) is 15.6. The third-order valence-electron chi connectivity index (χ3n) is 5.03. The Hall–Kier alpha value is -3.37. The van der Waals surface area contributed by atoms with Gasteiger partial charge >= 0.3 is 0 Å². The number of nitrogens with zero attached hydrogens (tertiary/aromatic N) is 4. The van der Waals surface area contributed by atoms with E-state index in [4.69, 9.17) is 14.5 Å². The van der Waals surface area contributed by atoms with Gasteiger partial charge in [-0.1, -0.05) is 0 Å². The van der Waals surface area contributed by atoms with Crippen LogP contribution in [-0.2, 0) is 11.2 Å². The molecule has 3 aromatic heterocycles. The maximum atomic E-state index is 14.4. The van der Waals surface area contributed by atoms with E-state index in [0.29, 0.717) is 37.8 Å². The second-order valence-corrected chi connectivity index (χ2v) is 8.17. The number of hydrogen-bond acceptors (Lipinski definition) is 7. The van der Waals surface area contributed by atoms with Crippen molar-refractivity contribution in [3.8, 4) is 32.7 Å². The van der Waals surface area contributed by atoms with Crippen molar-refractivity contribution in [2.45, 2.75) is 6.42 Å². The monoisotopic (exact) mass is 455 g/mol. The van der Waals surface area contributed by atoms with Gasteiger partial charge in [-0.25, -0.2) is 23.4 Å². The molecule has 10 heteroatoms. The van der Waals surface area contributed by atoms with Gasteiger partial charge in [0, 0.05) is 26.1 Å². The average Bonchev–Trinajstić information content (AvgIpc) is 3.38. The SMILES string of the molecule is COCCNc1ccc2c(n1)-c1sc(-c3ncnn3-c3ccc(F)cc3F)cc1CCO2. The van der Waals surface area contributed by atoms with Crippen molar-refractivity contribution in [3.63, 3.8) is 0 Å². The summed E-state index contributed by atoms with van der Waals surface area (Å²) in [5.74, 6) is 0.560. The number of pyridine rings is 1. The van der Waals surface area contributed by atoms with Gasteiger partial charge in [-0.2, -0.15) is 5.10 Å². The number of thiophene rings is 1. The molecule has 1 aliphatic heterocycles. The summed E-state index contributed by atoms with van der Waals surface area (Å²) in [6.07, 6.45) is 2.06. The summed E-state index contributed by atoms with van der Waals surface area (Å²) in [5, 5.41) is 7.40. The summed E-state index contributed by atoms with van der Waals surface area (Å²) in [6.45, 7) is 1.73. The van der Waals surface area contributed by atoms with Gasteiger partial charge in [0.1, 0.15) is 35.1 Å². The molecule has 5 rings (SSSR count). The van der Waals surface area contributed by atoms with Crippen LogP contribution in [0.25, 0.3) is 27.0 Å². The Bertz CT molecular complexity index is 1270. The summed E-state index contributed by atoms with van der Waals surface area (Å²) in [7, 11) is 1.65. The highest BCUT2D eigenvalue weighted by Gasteiger charge is 2.23. The average molecular weight is 455 g/mol. The molecule has 1 aliphatic rings. The molecule has 0 unspecified atom stereocenters. The first kappa shape index (κ1) is 20.5. The number of aromatic nitrogens is 4. The molecule has 164 valence electrons. The Morgan fingerprint density at radius 1 is 1.22 bits per heavy atom. The lowest BCUT2D eigenvalue weighted by atomic mass is 10.1. The van der Waals surface area contributed by atoms with Crippen LogP contribution >= 0.6 is 11.3 Å². The van der Waals surface area contributed by atoms with E-state index in [2.05, 4.69) is 15.4 Å². The maximum absolute atomic E-state index is 14.4. The van der Waals surface area contributed by atoms with Crippen LogP contribution in [0.15, 0.2) is 42.7 Å². The van der Waals surface area contributed by atoms with Crippen LogP contribution in [0.5, 0.6) is 5.75 Å². The molecule has 0 atom stereocenters. The Morgan fingerprint density at radius 2 is 2.12 bits per heavy atom. The van der Waals surface area contributed by atoms with E-state index in [-0.39, 0.29) is 5.69 Å². The van der Waals surface area contributed by atoms with E-state index >= 15 is 0 Å². The van der Waals surface area contributed by atoms with E-state index in [9.17, 15) is 8.78 Å². The van der Waals surface area contributed by atoms with Gasteiger partial charge in [-0.05, 0) is 35.9 Å². The van der Waals surface area contributed by atoms with Gasteiger partial charge in [-0.3, -0.25) is 0 Å². The van der Waals surface area contributed by atoms with Crippen molar-refractivity contribution >= 4 is 17.2 Å². The molecule has 0 amide bonds. The van der Waals surface area contributed by atoms with Crippen LogP contribution < -0.4 is 10.1 Å². The molecule has 0 radical (unpaired) electrons. The first-order valence-electron chi connectivity index (χ1n) is 9.99. The van der Waals surface area contributed by atoms with Gasteiger partial charge in [0.2, 0.25) is 0 Å². The number of fused-ring (bicyclic) bond motifs is 3. The van der Waals surface area contributed by atoms with Gasteiger partial charge in [-0.15, -0.1) is 11.3 Å². The van der Waals surface area contributed by atoms with Gasteiger partial charge in [0.25, 0.3) is 0 Å². The first-order valence-corrected chi connectivity index (χ1v) is 10.8. The predicted octanol–water partition coefficient (Wildman–Crippen LogP) is 4.33. The lowest BCUT2D eigenvalue weighted by Crippen LogP contribution is -2.09. The van der Waals surface area contributed by atoms with Crippen molar-refractivity contribution in [1.29, 1.82) is 0 Å². The van der Waals surface area contributed by atoms with Crippen LogP contribution in [0.3, 0.4) is 0 Å². The Balaban J connectivity index is 1.55. The molecule has 0 bridgehead atoms. The summed E-state index contributed by atoms with van der Waals surface area (Å²) in [4.78, 5) is 10.9. The number of ether oxygens (including phenoxy) is 2. The molecule has 4 aromatic rings. The molecule has 32 heavy (non-hydrogen) atoms. The quantitative estimate of drug-likeness (QED) is 0.437. The fourth-order valence-electron chi connectivity index (χ4n) is 3.54. The zero-order chi connectivity index (χ0) is 22.1. The Morgan fingerprint density at radius 3 is 2.97 bits per heavy atom. The number of methoxy groups -OCH3 is 1. The minimum absolute atomic E-state index is 0.133. The van der Waals surface area contributed by atoms with Crippen molar-refractivity contribution in [2.75, 3.05) is 32.2 Å². The van der Waals surface area contributed by atoms with Gasteiger partial charge in [0.05, 0.1) is 23.0 Å². The van der Waals surface area contributed by atoms with Crippen LogP contribution in [-0.4, -0.2) is 46.6 Å². The van der Waals surface area contributed by atoms with Gasteiger partial charge in [0.15, 0.2) is 11.6 Å². The third-order valence-corrected chi connectivity index (χ3v) is 6.21. The van der Waals surface area contributed by atoms with Crippen molar-refractivity contribution in [2.24, 2.45) is 0 Å². The lowest BCUT2D eigenvalue weighted by Gasteiger charge is -2.10. The molecule has 0 fully saturated rings. The highest BCUT2D eigenvalue weighted by atomic mass is 32.1. The third kappa shape index (κ3) is 3.82. The minimum atomic E-state index is -0.706. The highest BCUT2D eigenvalue weighted by Crippen LogP contribution is 2.43. The van der Waals surface area contributed by atoms with Crippen molar-refractivity contribution in [1.82, 2.24) is 19.7 Å². The number of hydrogen-bond donors (Lipinski definition) is 1. The van der Waals surface area contributed by atoms with Gasteiger partial charge < -0.3 is 14.8 Å². The standard InChI is InChI=1S/C22H19F2N5O2S/c1-30-9-7-25-19-5-4-17-20(28-19)21-13(6-8-31-17)10-18(32-21)22-26-12-27-29(22)16-3-2-14(23)11-15(16)24/h2-5,10-12H,6-9H2,1H3,(H,25,28). The second kappa shape index (κ2) is 8.64. The van der Waals surface area contributed by atoms with Crippen LogP contribution in [0.4, 0.5) is 14.6 Å². The zero-order valence-corrected chi connectivity index (χ0v) is 18.0. The molecular weight excluding hydrogens is 436 g/mol. The zero-order valence-electron chi connectivity index (χ0n) is 17.1. The molecule has 0 spiro atoms. The molecular formula is C22H19F2N5O2S. The van der Waals surface area contributed by atoms with E-state index in [1.54, 1.807) is 7.11 Å². The lowest BCUT2D eigenvalue weighted by molar-refractivity contribution is 0.210. The van der Waals surface area contributed by atoms with Crippen LogP contribution in [0.2, 0.25) is 0 Å². The molecule has 7 nitrogen and oxygen atoms in total. The van der Waals surface area contributed by atoms with Crippen molar-refractivity contribution in [3.05, 3.63) is 59.9 Å². The topological polar surface area (TPSA) is 74.1 Å². The van der Waals surface area contributed by atoms with Crippen molar-refractivity contribution < 1.29 is 18.3 Å².